The Morgan fingerprint density at radius 3 is 2.88 bits per heavy atom. The Hall–Kier alpha value is -2.56. The van der Waals surface area contributed by atoms with E-state index in [0.717, 1.165) is 6.07 Å². The molecule has 0 fully saturated rings. The smallest absolute Gasteiger partial charge is 0.417 e. The minimum atomic E-state index is -4.56. The molecule has 1 unspecified atom stereocenters. The minimum absolute atomic E-state index is 0.0699. The van der Waals surface area contributed by atoms with E-state index in [-0.39, 0.29) is 29.3 Å². The summed E-state index contributed by atoms with van der Waals surface area (Å²) in [6.07, 6.45) is -2.23. The highest BCUT2D eigenvalue weighted by atomic mass is 35.5. The molecule has 0 N–H and O–H groups in total. The Morgan fingerprint density at radius 2 is 2.27 bits per heavy atom. The topological polar surface area (TPSA) is 92.3 Å². The van der Waals surface area contributed by atoms with Crippen LogP contribution in [0.4, 0.5) is 19.0 Å². The van der Waals surface area contributed by atoms with Gasteiger partial charge in [-0.05, 0) is 17.9 Å². The van der Waals surface area contributed by atoms with Crippen molar-refractivity contribution in [3.8, 4) is 11.9 Å². The third-order valence-corrected chi connectivity index (χ3v) is 4.05. The van der Waals surface area contributed by atoms with E-state index < -0.39 is 22.3 Å². The second-order valence-corrected chi connectivity index (χ2v) is 6.34. The fourth-order valence-corrected chi connectivity index (χ4v) is 2.57. The van der Waals surface area contributed by atoms with Crippen LogP contribution >= 0.6 is 11.6 Å². The lowest BCUT2D eigenvalue weighted by Crippen LogP contribution is -2.43. The third kappa shape index (κ3) is 3.66. The lowest BCUT2D eigenvalue weighted by Gasteiger charge is -2.32. The molecule has 0 aromatic carbocycles. The minimum Gasteiger partial charge on any atom is -0.472 e. The molecule has 2 aromatic heterocycles. The van der Waals surface area contributed by atoms with Gasteiger partial charge in [0, 0.05) is 24.1 Å². The van der Waals surface area contributed by atoms with Crippen molar-refractivity contribution in [2.45, 2.75) is 31.7 Å². The number of nitro groups is 1. The summed E-state index contributed by atoms with van der Waals surface area (Å²) in [6.45, 7) is 2.02. The number of fused-ring (bicyclic) bond motifs is 1. The Balaban J connectivity index is 1.70. The van der Waals surface area contributed by atoms with E-state index in [1.807, 2.05) is 0 Å². The number of rotatable bonds is 4. The predicted molar refractivity (Wildman–Crippen MR) is 82.3 cm³/mol. The number of pyridine rings is 1. The lowest BCUT2D eigenvalue weighted by molar-refractivity contribution is -0.389. The van der Waals surface area contributed by atoms with Crippen LogP contribution in [-0.4, -0.2) is 31.7 Å². The van der Waals surface area contributed by atoms with Gasteiger partial charge in [-0.3, -0.25) is 4.57 Å². The van der Waals surface area contributed by atoms with Crippen LogP contribution in [0.15, 0.2) is 18.5 Å². The summed E-state index contributed by atoms with van der Waals surface area (Å²) in [6, 6.07) is 0.796. The molecule has 2 aromatic rings. The molecular weight excluding hydrogens is 381 g/mol. The van der Waals surface area contributed by atoms with E-state index in [0.29, 0.717) is 19.2 Å². The van der Waals surface area contributed by atoms with Gasteiger partial charge in [-0.25, -0.2) is 4.98 Å². The lowest BCUT2D eigenvalue weighted by atomic mass is 10.0. The average Bonchev–Trinajstić information content (AvgIpc) is 2.96. The van der Waals surface area contributed by atoms with Crippen molar-refractivity contribution in [2.24, 2.45) is 0 Å². The monoisotopic (exact) mass is 392 g/mol. The highest BCUT2D eigenvalue weighted by Crippen LogP contribution is 2.34. The molecule has 8 nitrogen and oxygen atoms in total. The van der Waals surface area contributed by atoms with Crippen LogP contribution in [0.5, 0.6) is 11.9 Å². The van der Waals surface area contributed by atoms with Crippen LogP contribution in [0.1, 0.15) is 18.9 Å². The van der Waals surface area contributed by atoms with Gasteiger partial charge in [0.1, 0.15) is 23.4 Å². The number of aryl methyl sites for hydroxylation is 1. The first-order chi connectivity index (χ1) is 12.1. The van der Waals surface area contributed by atoms with E-state index >= 15 is 0 Å². The molecule has 12 heteroatoms. The molecule has 3 rings (SSSR count). The molecule has 0 saturated carbocycles. The van der Waals surface area contributed by atoms with Crippen molar-refractivity contribution < 1.29 is 27.6 Å². The second kappa shape index (κ2) is 6.31. The molecule has 0 aliphatic carbocycles. The quantitative estimate of drug-likeness (QED) is 0.584. The normalized spacial score (nSPS) is 19.6. The molecule has 0 radical (unpaired) electrons. The third-order valence-electron chi connectivity index (χ3n) is 3.78. The Labute approximate surface area is 149 Å². The summed E-state index contributed by atoms with van der Waals surface area (Å²) in [5.74, 6) is -0.498. The SMILES string of the molecule is CC1(COc2ncc(C(F)(F)F)cc2Cl)CCn2cc([N+](=O)[O-])nc2O1. The van der Waals surface area contributed by atoms with Gasteiger partial charge in [0.2, 0.25) is 5.88 Å². The molecular formula is C14H12ClF3N4O4. The Morgan fingerprint density at radius 1 is 1.54 bits per heavy atom. The van der Waals surface area contributed by atoms with Crippen LogP contribution in [0, 0.1) is 10.1 Å². The van der Waals surface area contributed by atoms with Gasteiger partial charge in [0.25, 0.3) is 0 Å². The summed E-state index contributed by atoms with van der Waals surface area (Å²) in [5.41, 5.74) is -1.88. The first-order valence-electron chi connectivity index (χ1n) is 7.33. The van der Waals surface area contributed by atoms with Crippen molar-refractivity contribution in [1.29, 1.82) is 0 Å². The highest BCUT2D eigenvalue weighted by Gasteiger charge is 2.38. The second-order valence-electron chi connectivity index (χ2n) is 5.93. The van der Waals surface area contributed by atoms with Gasteiger partial charge >= 0.3 is 18.0 Å². The average molecular weight is 393 g/mol. The fraction of sp³-hybridized carbons (Fsp3) is 0.429. The fourth-order valence-electron chi connectivity index (χ4n) is 2.35. The van der Waals surface area contributed by atoms with Gasteiger partial charge in [-0.15, -0.1) is 0 Å². The standard InChI is InChI=1S/C14H12ClF3N4O4/c1-13(2-3-21-6-10(22(23)24)20-12(21)26-13)7-25-11-9(15)4-8(5-19-11)14(16,17)18/h4-6H,2-3,7H2,1H3. The number of halogens is 4. The molecule has 140 valence electrons. The molecule has 1 atom stereocenters. The highest BCUT2D eigenvalue weighted by molar-refractivity contribution is 6.31. The summed E-state index contributed by atoms with van der Waals surface area (Å²) in [5, 5.41) is 10.5. The zero-order chi connectivity index (χ0) is 19.1. The molecule has 3 heterocycles. The van der Waals surface area contributed by atoms with Crippen LogP contribution in [0.3, 0.4) is 0 Å². The number of aromatic nitrogens is 3. The van der Waals surface area contributed by atoms with Crippen molar-refractivity contribution >= 4 is 17.4 Å². The van der Waals surface area contributed by atoms with Crippen molar-refractivity contribution in [3.63, 3.8) is 0 Å². The van der Waals surface area contributed by atoms with Crippen molar-refractivity contribution in [1.82, 2.24) is 14.5 Å². The maximum absolute atomic E-state index is 12.6. The van der Waals surface area contributed by atoms with E-state index in [1.54, 1.807) is 6.92 Å². The van der Waals surface area contributed by atoms with Crippen LogP contribution < -0.4 is 9.47 Å². The molecule has 1 aliphatic rings. The summed E-state index contributed by atoms with van der Waals surface area (Å²) >= 11 is 5.80. The predicted octanol–water partition coefficient (Wildman–Crippen LogP) is 3.48. The number of nitrogens with zero attached hydrogens (tertiary/aromatic N) is 4. The largest absolute Gasteiger partial charge is 0.472 e. The molecule has 0 amide bonds. The first kappa shape index (κ1) is 18.2. The molecule has 0 saturated heterocycles. The number of imidazole rings is 1. The summed E-state index contributed by atoms with van der Waals surface area (Å²) in [4.78, 5) is 17.5. The van der Waals surface area contributed by atoms with Gasteiger partial charge in [0.05, 0.1) is 5.56 Å². The summed E-state index contributed by atoms with van der Waals surface area (Å²) < 4.78 is 50.4. The molecule has 0 spiro atoms. The Bertz CT molecular complexity index is 857. The maximum atomic E-state index is 12.6. The van der Waals surface area contributed by atoms with Crippen molar-refractivity contribution in [3.05, 3.63) is 39.2 Å². The van der Waals surface area contributed by atoms with Crippen LogP contribution in [-0.2, 0) is 12.7 Å². The molecule has 26 heavy (non-hydrogen) atoms. The van der Waals surface area contributed by atoms with E-state index in [2.05, 4.69) is 9.97 Å². The first-order valence-corrected chi connectivity index (χ1v) is 7.71. The van der Waals surface area contributed by atoms with Crippen molar-refractivity contribution in [2.75, 3.05) is 6.61 Å². The number of ether oxygens (including phenoxy) is 2. The number of hydrogen-bond donors (Lipinski definition) is 0. The van der Waals surface area contributed by atoms with Crippen LogP contribution in [0.25, 0.3) is 0 Å². The molecule has 0 bridgehead atoms. The van der Waals surface area contributed by atoms with Gasteiger partial charge in [0.15, 0.2) is 0 Å². The van der Waals surface area contributed by atoms with Gasteiger partial charge in [-0.1, -0.05) is 11.6 Å². The van der Waals surface area contributed by atoms with E-state index in [9.17, 15) is 23.3 Å². The zero-order valence-electron chi connectivity index (χ0n) is 13.3. The Kier molecular flexibility index (Phi) is 4.42. The van der Waals surface area contributed by atoms with E-state index in [1.165, 1.54) is 10.8 Å². The van der Waals surface area contributed by atoms with E-state index in [4.69, 9.17) is 21.1 Å². The zero-order valence-corrected chi connectivity index (χ0v) is 14.0. The van der Waals surface area contributed by atoms with Crippen LogP contribution in [0.2, 0.25) is 5.02 Å². The number of alkyl halides is 3. The maximum Gasteiger partial charge on any atom is 0.417 e. The van der Waals surface area contributed by atoms with Gasteiger partial charge in [-0.2, -0.15) is 13.2 Å². The summed E-state index contributed by atoms with van der Waals surface area (Å²) in [7, 11) is 0. The van der Waals surface area contributed by atoms with Gasteiger partial charge < -0.3 is 19.6 Å². The number of hydrogen-bond acceptors (Lipinski definition) is 6. The molecule has 1 aliphatic heterocycles.